The van der Waals surface area contributed by atoms with Gasteiger partial charge in [-0.05, 0) is 42.8 Å². The number of rotatable bonds is 4. The molecular formula is C23H34N6S2. The molecule has 2 N–H and O–H groups in total. The molecule has 3 rings (SSSR count). The molecule has 0 aliphatic carbocycles. The SMILES string of the molecule is C#C.CC.CCC.Cc1ccc2nc(SC=Nc3c(N)ncnc3N(C)C)sc2c1C. The first-order chi connectivity index (χ1) is 14.9. The topological polar surface area (TPSA) is 80.3 Å². The van der Waals surface area contributed by atoms with E-state index in [1.807, 2.05) is 32.8 Å². The third-order valence-corrected chi connectivity index (χ3v) is 5.68. The second-order valence-electron chi connectivity index (χ2n) is 6.22. The molecule has 0 spiro atoms. The summed E-state index contributed by atoms with van der Waals surface area (Å²) in [6, 6.07) is 4.16. The fraction of sp³-hybridized carbons (Fsp3) is 0.391. The number of fused-ring (bicyclic) bond motifs is 1. The van der Waals surface area contributed by atoms with Gasteiger partial charge in [-0.1, -0.05) is 40.2 Å². The van der Waals surface area contributed by atoms with E-state index in [2.05, 4.69) is 72.6 Å². The van der Waals surface area contributed by atoms with Crippen LogP contribution in [0.25, 0.3) is 10.2 Å². The first-order valence-corrected chi connectivity index (χ1v) is 11.8. The van der Waals surface area contributed by atoms with Crippen LogP contribution in [-0.4, -0.2) is 34.6 Å². The molecule has 168 valence electrons. The third kappa shape index (κ3) is 8.19. The van der Waals surface area contributed by atoms with Crippen LogP contribution >= 0.6 is 23.1 Å². The summed E-state index contributed by atoms with van der Waals surface area (Å²) in [7, 11) is 3.79. The Bertz CT molecular complexity index is 977. The van der Waals surface area contributed by atoms with E-state index in [4.69, 9.17) is 5.73 Å². The molecular weight excluding hydrogens is 424 g/mol. The Morgan fingerprint density at radius 1 is 1.16 bits per heavy atom. The summed E-state index contributed by atoms with van der Waals surface area (Å²) >= 11 is 3.15. The van der Waals surface area contributed by atoms with Gasteiger partial charge in [0.25, 0.3) is 0 Å². The minimum absolute atomic E-state index is 0.362. The molecule has 8 heteroatoms. The maximum Gasteiger partial charge on any atom is 0.159 e. The van der Waals surface area contributed by atoms with Crippen molar-refractivity contribution >= 4 is 56.2 Å². The molecule has 0 saturated heterocycles. The first-order valence-electron chi connectivity index (χ1n) is 10.1. The van der Waals surface area contributed by atoms with Gasteiger partial charge in [-0.15, -0.1) is 24.2 Å². The number of nitrogen functional groups attached to an aromatic ring is 1. The molecule has 0 aliphatic rings. The minimum atomic E-state index is 0.362. The molecule has 0 amide bonds. The second kappa shape index (κ2) is 15.2. The molecule has 0 atom stereocenters. The van der Waals surface area contributed by atoms with Gasteiger partial charge < -0.3 is 10.6 Å². The van der Waals surface area contributed by atoms with Crippen molar-refractivity contribution in [2.45, 2.75) is 52.3 Å². The van der Waals surface area contributed by atoms with Crippen LogP contribution in [0.3, 0.4) is 0 Å². The fourth-order valence-electron chi connectivity index (χ4n) is 2.21. The van der Waals surface area contributed by atoms with Crippen LogP contribution in [0.5, 0.6) is 0 Å². The standard InChI is InChI=1S/C16H18N6S2.C3H8.C2H6.C2H2/c1-9-5-6-11-13(10(9)2)24-16(21-11)23-8-20-12-14(17)18-7-19-15(12)22(3)4;1-3-2;2*1-2/h5-8H,1-4H3,(H2,17,18,19);3H2,1-2H3;1-2H3;1-2H. The third-order valence-electron chi connectivity index (χ3n) is 3.65. The summed E-state index contributed by atoms with van der Waals surface area (Å²) in [5.74, 6) is 1.05. The lowest BCUT2D eigenvalue weighted by atomic mass is 10.1. The molecule has 0 bridgehead atoms. The van der Waals surface area contributed by atoms with E-state index in [0.29, 0.717) is 17.3 Å². The molecule has 0 fully saturated rings. The molecule has 2 aromatic heterocycles. The number of nitrogens with two attached hydrogens (primary N) is 1. The lowest BCUT2D eigenvalue weighted by Gasteiger charge is -2.13. The van der Waals surface area contributed by atoms with E-state index >= 15 is 0 Å². The van der Waals surface area contributed by atoms with Crippen molar-refractivity contribution in [3.8, 4) is 12.8 Å². The lowest BCUT2D eigenvalue weighted by Crippen LogP contribution is -2.12. The Hall–Kier alpha value is -2.63. The zero-order valence-electron chi connectivity index (χ0n) is 19.8. The smallest absolute Gasteiger partial charge is 0.159 e. The van der Waals surface area contributed by atoms with Gasteiger partial charge in [0.05, 0.1) is 15.8 Å². The van der Waals surface area contributed by atoms with Crippen LogP contribution < -0.4 is 10.6 Å². The van der Waals surface area contributed by atoms with Crippen LogP contribution in [0.2, 0.25) is 0 Å². The van der Waals surface area contributed by atoms with Crippen molar-refractivity contribution in [1.82, 2.24) is 15.0 Å². The Balaban J connectivity index is 0.00000116. The van der Waals surface area contributed by atoms with Gasteiger partial charge in [-0.3, -0.25) is 0 Å². The van der Waals surface area contributed by atoms with E-state index in [1.54, 1.807) is 16.9 Å². The van der Waals surface area contributed by atoms with Crippen molar-refractivity contribution in [3.63, 3.8) is 0 Å². The van der Waals surface area contributed by atoms with Crippen LogP contribution in [0, 0.1) is 26.7 Å². The van der Waals surface area contributed by atoms with Crippen molar-refractivity contribution in [3.05, 3.63) is 29.6 Å². The fourth-order valence-corrected chi connectivity index (χ4v) is 4.03. The second-order valence-corrected chi connectivity index (χ2v) is 8.31. The molecule has 31 heavy (non-hydrogen) atoms. The summed E-state index contributed by atoms with van der Waals surface area (Å²) in [6.07, 6.45) is 10.7. The van der Waals surface area contributed by atoms with Crippen molar-refractivity contribution in [2.24, 2.45) is 4.99 Å². The highest BCUT2D eigenvalue weighted by molar-refractivity contribution is 8.13. The Morgan fingerprint density at radius 2 is 1.77 bits per heavy atom. The molecule has 0 unspecified atom stereocenters. The monoisotopic (exact) mass is 458 g/mol. The predicted molar refractivity (Wildman–Crippen MR) is 141 cm³/mol. The van der Waals surface area contributed by atoms with Gasteiger partial charge >= 0.3 is 0 Å². The van der Waals surface area contributed by atoms with Gasteiger partial charge in [0, 0.05) is 14.1 Å². The Kier molecular flexibility index (Phi) is 13.9. The number of aromatic nitrogens is 3. The normalized spacial score (nSPS) is 9.74. The number of anilines is 2. The van der Waals surface area contributed by atoms with Gasteiger partial charge in [0.15, 0.2) is 16.0 Å². The quantitative estimate of drug-likeness (QED) is 0.208. The largest absolute Gasteiger partial charge is 0.382 e. The van der Waals surface area contributed by atoms with Crippen molar-refractivity contribution in [1.29, 1.82) is 0 Å². The minimum Gasteiger partial charge on any atom is -0.382 e. The number of nitrogens with zero attached hydrogens (tertiary/aromatic N) is 5. The first kappa shape index (κ1) is 28.4. The summed E-state index contributed by atoms with van der Waals surface area (Å²) in [6.45, 7) is 12.5. The van der Waals surface area contributed by atoms with Crippen LogP contribution in [0.4, 0.5) is 17.3 Å². The van der Waals surface area contributed by atoms with Crippen molar-refractivity contribution in [2.75, 3.05) is 24.7 Å². The molecule has 0 radical (unpaired) electrons. The Morgan fingerprint density at radius 3 is 2.35 bits per heavy atom. The average molecular weight is 459 g/mol. The number of thioether (sulfide) groups is 1. The number of thiazole rings is 1. The molecule has 1 aromatic carbocycles. The van der Waals surface area contributed by atoms with Crippen LogP contribution in [0.15, 0.2) is 27.8 Å². The molecule has 0 saturated carbocycles. The van der Waals surface area contributed by atoms with Crippen molar-refractivity contribution < 1.29 is 0 Å². The lowest BCUT2D eigenvalue weighted by molar-refractivity contribution is 1.04. The highest BCUT2D eigenvalue weighted by Crippen LogP contribution is 2.34. The van der Waals surface area contributed by atoms with E-state index in [-0.39, 0.29) is 0 Å². The number of hydrogen-bond donors (Lipinski definition) is 1. The van der Waals surface area contributed by atoms with Gasteiger partial charge in [-0.25, -0.2) is 19.9 Å². The summed E-state index contributed by atoms with van der Waals surface area (Å²) in [5, 5.41) is 0. The molecule has 6 nitrogen and oxygen atoms in total. The maximum absolute atomic E-state index is 5.92. The average Bonchev–Trinajstić information content (AvgIpc) is 3.19. The van der Waals surface area contributed by atoms with Crippen LogP contribution in [0.1, 0.15) is 45.2 Å². The molecule has 2 heterocycles. The number of aryl methyl sites for hydroxylation is 2. The number of aliphatic imine (C=N–C) groups is 1. The van der Waals surface area contributed by atoms with E-state index in [0.717, 1.165) is 9.86 Å². The number of terminal acetylenes is 1. The molecule has 0 aliphatic heterocycles. The highest BCUT2D eigenvalue weighted by Gasteiger charge is 2.10. The van der Waals surface area contributed by atoms with Gasteiger partial charge in [-0.2, -0.15) is 0 Å². The highest BCUT2D eigenvalue weighted by atomic mass is 32.2. The summed E-state index contributed by atoms with van der Waals surface area (Å²) in [4.78, 5) is 19.2. The molecule has 3 aromatic rings. The summed E-state index contributed by atoms with van der Waals surface area (Å²) in [5.41, 5.74) is 11.8. The maximum atomic E-state index is 5.92. The van der Waals surface area contributed by atoms with Gasteiger partial charge in [0.1, 0.15) is 12.0 Å². The number of benzene rings is 1. The zero-order chi connectivity index (χ0) is 24.0. The Labute approximate surface area is 195 Å². The van der Waals surface area contributed by atoms with Crippen LogP contribution in [-0.2, 0) is 0 Å². The van der Waals surface area contributed by atoms with Gasteiger partial charge in [0.2, 0.25) is 0 Å². The number of hydrogen-bond acceptors (Lipinski definition) is 8. The summed E-state index contributed by atoms with van der Waals surface area (Å²) < 4.78 is 2.17. The zero-order valence-corrected chi connectivity index (χ0v) is 21.4. The van der Waals surface area contributed by atoms with E-state index < -0.39 is 0 Å². The predicted octanol–water partition coefficient (Wildman–Crippen LogP) is 6.50. The van der Waals surface area contributed by atoms with E-state index in [9.17, 15) is 0 Å². The van der Waals surface area contributed by atoms with E-state index in [1.165, 1.54) is 40.3 Å².